The summed E-state index contributed by atoms with van der Waals surface area (Å²) in [5, 5.41) is 5.96. The van der Waals surface area contributed by atoms with Gasteiger partial charge < -0.3 is 10.6 Å². The zero-order valence-corrected chi connectivity index (χ0v) is 18.7. The lowest BCUT2D eigenvalue weighted by atomic mass is 10.1. The van der Waals surface area contributed by atoms with Crippen LogP contribution in [0.3, 0.4) is 0 Å². The lowest BCUT2D eigenvalue weighted by Gasteiger charge is -2.15. The molecule has 0 aliphatic rings. The van der Waals surface area contributed by atoms with E-state index >= 15 is 0 Å². The summed E-state index contributed by atoms with van der Waals surface area (Å²) in [5.74, 6) is -0.712. The molecule has 0 fully saturated rings. The highest BCUT2D eigenvalue weighted by Crippen LogP contribution is 2.26. The first kappa shape index (κ1) is 22.7. The Bertz CT molecular complexity index is 1240. The Morgan fingerprint density at radius 3 is 2.44 bits per heavy atom. The van der Waals surface area contributed by atoms with Gasteiger partial charge in [-0.25, -0.2) is 24.3 Å². The van der Waals surface area contributed by atoms with Crippen molar-refractivity contribution in [3.63, 3.8) is 0 Å². The maximum atomic E-state index is 14.5. The summed E-state index contributed by atoms with van der Waals surface area (Å²) in [6, 6.07) is 5.33. The highest BCUT2D eigenvalue weighted by atomic mass is 19.1. The molecule has 0 unspecified atom stereocenters. The quantitative estimate of drug-likeness (QED) is 0.535. The molecule has 2 aromatic heterocycles. The first-order valence-electron chi connectivity index (χ1n) is 9.98. The smallest absolute Gasteiger partial charge is 0.277 e. The van der Waals surface area contributed by atoms with Gasteiger partial charge >= 0.3 is 0 Å². The van der Waals surface area contributed by atoms with Gasteiger partial charge in [-0.1, -0.05) is 6.07 Å². The molecule has 0 saturated carbocycles. The van der Waals surface area contributed by atoms with Crippen LogP contribution in [0.15, 0.2) is 47.7 Å². The van der Waals surface area contributed by atoms with E-state index in [0.29, 0.717) is 28.3 Å². The number of aromatic nitrogens is 3. The maximum absolute atomic E-state index is 14.5. The van der Waals surface area contributed by atoms with Crippen molar-refractivity contribution in [1.29, 1.82) is 0 Å². The van der Waals surface area contributed by atoms with Crippen LogP contribution in [-0.2, 0) is 0 Å². The minimum absolute atomic E-state index is 0.244. The van der Waals surface area contributed by atoms with E-state index < -0.39 is 11.7 Å². The number of anilines is 2. The van der Waals surface area contributed by atoms with Gasteiger partial charge in [0.1, 0.15) is 12.1 Å². The zero-order valence-electron chi connectivity index (χ0n) is 18.7. The van der Waals surface area contributed by atoms with Crippen LogP contribution in [0.4, 0.5) is 15.8 Å². The number of nitrogens with zero attached hydrogens (tertiary/aromatic N) is 4. The molecular weight excluding hydrogens is 407 g/mol. The summed E-state index contributed by atoms with van der Waals surface area (Å²) in [7, 11) is 0. The van der Waals surface area contributed by atoms with Crippen LogP contribution in [0.5, 0.6) is 0 Å². The molecule has 164 valence electrons. The summed E-state index contributed by atoms with van der Waals surface area (Å²) in [4.78, 5) is 29.0. The van der Waals surface area contributed by atoms with Crippen LogP contribution in [0.1, 0.15) is 45.4 Å². The predicted octanol–water partition coefficient (Wildman–Crippen LogP) is 5.00. The van der Waals surface area contributed by atoms with Crippen molar-refractivity contribution in [1.82, 2.24) is 15.0 Å². The predicted molar refractivity (Wildman–Crippen MR) is 125 cm³/mol. The third-order valence-corrected chi connectivity index (χ3v) is 5.24. The Kier molecular flexibility index (Phi) is 6.73. The average molecular weight is 433 g/mol. The van der Waals surface area contributed by atoms with E-state index in [1.54, 1.807) is 32.2 Å². The number of allylic oxidation sites excluding steroid dienone is 1. The van der Waals surface area contributed by atoms with Crippen LogP contribution in [0, 0.1) is 33.5 Å². The summed E-state index contributed by atoms with van der Waals surface area (Å²) in [5.41, 5.74) is 5.44. The van der Waals surface area contributed by atoms with E-state index in [9.17, 15) is 9.18 Å². The van der Waals surface area contributed by atoms with Crippen molar-refractivity contribution in [2.45, 2.75) is 34.6 Å². The van der Waals surface area contributed by atoms with Gasteiger partial charge in [0.25, 0.3) is 5.91 Å². The lowest BCUT2D eigenvalue weighted by Crippen LogP contribution is -2.17. The number of benzene rings is 1. The molecule has 3 aromatic rings. The number of nitrogens with one attached hydrogen (secondary N) is 2. The molecule has 1 aromatic carbocycles. The van der Waals surface area contributed by atoms with Crippen molar-refractivity contribution in [3.05, 3.63) is 82.2 Å². The Morgan fingerprint density at radius 2 is 1.75 bits per heavy atom. The summed E-state index contributed by atoms with van der Waals surface area (Å²) >= 11 is 0. The molecule has 0 aliphatic heterocycles. The second-order valence-electron chi connectivity index (χ2n) is 7.52. The molecule has 3 rings (SSSR count). The van der Waals surface area contributed by atoms with Gasteiger partial charge in [0, 0.05) is 29.3 Å². The maximum Gasteiger partial charge on any atom is 0.277 e. The molecule has 2 heterocycles. The molecule has 8 heteroatoms. The Labute approximate surface area is 186 Å². The van der Waals surface area contributed by atoms with E-state index in [0.717, 1.165) is 22.4 Å². The topological polar surface area (TPSA) is 92.2 Å². The van der Waals surface area contributed by atoms with Gasteiger partial charge in [-0.05, 0) is 75.7 Å². The van der Waals surface area contributed by atoms with Gasteiger partial charge in [-0.3, -0.25) is 4.79 Å². The van der Waals surface area contributed by atoms with Crippen molar-refractivity contribution >= 4 is 29.6 Å². The third kappa shape index (κ3) is 4.69. The molecule has 2 N–H and O–H groups in total. The van der Waals surface area contributed by atoms with Crippen LogP contribution >= 0.6 is 0 Å². The van der Waals surface area contributed by atoms with Gasteiger partial charge in [0.15, 0.2) is 11.5 Å². The second-order valence-corrected chi connectivity index (χ2v) is 7.52. The molecule has 0 spiro atoms. The minimum Gasteiger partial charge on any atom is -0.340 e. The van der Waals surface area contributed by atoms with Crippen molar-refractivity contribution < 1.29 is 9.18 Å². The molecule has 0 bridgehead atoms. The third-order valence-electron chi connectivity index (χ3n) is 5.24. The first-order chi connectivity index (χ1) is 15.2. The van der Waals surface area contributed by atoms with Crippen molar-refractivity contribution in [2.24, 2.45) is 4.99 Å². The van der Waals surface area contributed by atoms with E-state index in [2.05, 4.69) is 37.3 Å². The lowest BCUT2D eigenvalue weighted by molar-refractivity contribution is 0.101. The molecule has 1 amide bonds. The van der Waals surface area contributed by atoms with E-state index in [-0.39, 0.29) is 5.69 Å². The highest BCUT2D eigenvalue weighted by Gasteiger charge is 2.17. The summed E-state index contributed by atoms with van der Waals surface area (Å²) in [6.45, 7) is 12.8. The number of carbonyl (C=O) groups is 1. The van der Waals surface area contributed by atoms with E-state index in [4.69, 9.17) is 0 Å². The average Bonchev–Trinajstić information content (AvgIpc) is 2.77. The van der Waals surface area contributed by atoms with E-state index in [1.165, 1.54) is 12.5 Å². The monoisotopic (exact) mass is 432 g/mol. The molecule has 0 saturated heterocycles. The Balaban J connectivity index is 1.90. The number of amides is 1. The number of rotatable bonds is 6. The van der Waals surface area contributed by atoms with Crippen molar-refractivity contribution in [2.75, 3.05) is 10.6 Å². The summed E-state index contributed by atoms with van der Waals surface area (Å²) in [6.07, 6.45) is 4.70. The van der Waals surface area contributed by atoms with Crippen molar-refractivity contribution in [3.8, 4) is 0 Å². The van der Waals surface area contributed by atoms with Crippen LogP contribution < -0.4 is 10.6 Å². The van der Waals surface area contributed by atoms with Gasteiger partial charge in [0.2, 0.25) is 0 Å². The fraction of sp³-hybridized carbons (Fsp3) is 0.208. The normalized spacial score (nSPS) is 11.6. The van der Waals surface area contributed by atoms with Crippen LogP contribution in [-0.4, -0.2) is 27.6 Å². The molecule has 0 atom stereocenters. The summed E-state index contributed by atoms with van der Waals surface area (Å²) < 4.78 is 14.5. The molecule has 0 radical (unpaired) electrons. The number of aryl methyl sites for hydroxylation is 3. The number of aliphatic imine (C=N–C) groups is 1. The molecular formula is C24H25FN6O. The van der Waals surface area contributed by atoms with E-state index in [1.807, 2.05) is 26.8 Å². The number of carbonyl (C=O) groups excluding carboxylic acids is 1. The minimum atomic E-state index is -0.620. The fourth-order valence-corrected chi connectivity index (χ4v) is 3.13. The largest absolute Gasteiger partial charge is 0.340 e. The first-order valence-corrected chi connectivity index (χ1v) is 9.98. The number of halogens is 1. The van der Waals surface area contributed by atoms with Crippen LogP contribution in [0.25, 0.3) is 5.57 Å². The van der Waals surface area contributed by atoms with Gasteiger partial charge in [0.05, 0.1) is 5.69 Å². The molecule has 7 nitrogen and oxygen atoms in total. The molecule has 0 aliphatic carbocycles. The number of hydrogen-bond donors (Lipinski definition) is 2. The highest BCUT2D eigenvalue weighted by molar-refractivity contribution is 6.03. The second kappa shape index (κ2) is 9.47. The van der Waals surface area contributed by atoms with Gasteiger partial charge in [-0.2, -0.15) is 0 Å². The number of pyridine rings is 1. The SMILES string of the molecule is C=N/C(Nc1cc(NC(=O)c2ncc(C)c(C)c2F)ccc1C)=C(\C)c1ncncc1C. The Morgan fingerprint density at radius 1 is 1.00 bits per heavy atom. The Hall–Kier alpha value is -3.94. The molecule has 32 heavy (non-hydrogen) atoms. The fourth-order valence-electron chi connectivity index (χ4n) is 3.13. The van der Waals surface area contributed by atoms with Crippen LogP contribution in [0.2, 0.25) is 0 Å². The zero-order chi connectivity index (χ0) is 23.4. The van der Waals surface area contributed by atoms with Gasteiger partial charge in [-0.15, -0.1) is 0 Å². The standard InChI is InChI=1S/C24H25FN6O/c1-13-7-8-18(30-24(32)22-20(25)16(4)14(2)11-28-22)9-19(13)31-23(26-6)17(5)21-15(3)10-27-12-29-21/h7-12,31H,6H2,1-5H3,(H,30,32)/b23-17-. The number of hydrogen-bond acceptors (Lipinski definition) is 6.